The maximum Gasteiger partial charge on any atom is 0.225 e. The predicted octanol–water partition coefficient (Wildman–Crippen LogP) is 3.19. The van der Waals surface area contributed by atoms with Gasteiger partial charge in [-0.2, -0.15) is 0 Å². The second kappa shape index (κ2) is 10.1. The number of likely N-dealkylation sites (tertiary alicyclic amines) is 1. The van der Waals surface area contributed by atoms with Gasteiger partial charge in [0.1, 0.15) is 5.75 Å². The Kier molecular flexibility index (Phi) is 7.53. The molecular formula is C23H34N2O4. The minimum absolute atomic E-state index is 0.0105. The monoisotopic (exact) mass is 402 g/mol. The van der Waals surface area contributed by atoms with Gasteiger partial charge in [-0.3, -0.25) is 9.59 Å². The molecule has 2 amide bonds. The van der Waals surface area contributed by atoms with E-state index < -0.39 is 0 Å². The van der Waals surface area contributed by atoms with E-state index in [1.54, 1.807) is 7.11 Å². The number of amides is 2. The van der Waals surface area contributed by atoms with Crippen molar-refractivity contribution in [2.24, 2.45) is 5.92 Å². The molecule has 1 aliphatic heterocycles. The van der Waals surface area contributed by atoms with Gasteiger partial charge in [0, 0.05) is 24.6 Å². The van der Waals surface area contributed by atoms with Crippen LogP contribution in [0.4, 0.5) is 0 Å². The van der Waals surface area contributed by atoms with E-state index >= 15 is 0 Å². The van der Waals surface area contributed by atoms with Crippen LogP contribution in [0.2, 0.25) is 0 Å². The second-order valence-corrected chi connectivity index (χ2v) is 8.29. The van der Waals surface area contributed by atoms with Crippen molar-refractivity contribution in [1.82, 2.24) is 10.2 Å². The summed E-state index contributed by atoms with van der Waals surface area (Å²) in [5.74, 6) is 0.537. The van der Waals surface area contributed by atoms with Gasteiger partial charge in [0.25, 0.3) is 0 Å². The van der Waals surface area contributed by atoms with Crippen LogP contribution in [0.1, 0.15) is 69.9 Å². The van der Waals surface area contributed by atoms with Gasteiger partial charge < -0.3 is 20.1 Å². The molecule has 3 rings (SSSR count). The average molecular weight is 403 g/mol. The number of para-hydroxylation sites is 1. The molecule has 2 N–H and O–H groups in total. The second-order valence-electron chi connectivity index (χ2n) is 8.29. The Labute approximate surface area is 173 Å². The molecule has 0 bridgehead atoms. The third-order valence-electron chi connectivity index (χ3n) is 6.30. The summed E-state index contributed by atoms with van der Waals surface area (Å²) in [4.78, 5) is 28.0. The van der Waals surface area contributed by atoms with Crippen molar-refractivity contribution in [2.45, 2.75) is 76.5 Å². The summed E-state index contributed by atoms with van der Waals surface area (Å²) in [5, 5.41) is 12.9. The number of rotatable bonds is 7. The summed E-state index contributed by atoms with van der Waals surface area (Å²) < 4.78 is 5.58. The number of methoxy groups -OCH3 is 1. The molecule has 0 spiro atoms. The van der Waals surface area contributed by atoms with Gasteiger partial charge in [-0.1, -0.05) is 31.5 Å². The van der Waals surface area contributed by atoms with E-state index in [2.05, 4.69) is 12.2 Å². The highest BCUT2D eigenvalue weighted by molar-refractivity contribution is 5.85. The third kappa shape index (κ3) is 5.10. The molecule has 1 aromatic carbocycles. The average Bonchev–Trinajstić information content (AvgIpc) is 2.74. The first kappa shape index (κ1) is 21.6. The van der Waals surface area contributed by atoms with E-state index in [1.807, 2.05) is 29.2 Å². The molecule has 1 saturated carbocycles. The summed E-state index contributed by atoms with van der Waals surface area (Å²) >= 11 is 0. The quantitative estimate of drug-likeness (QED) is 0.734. The standard InChI is InChI=1S/C23H34N2O4/c1-3-4-15-25-21(27)14-13-19(22(25)18-7-5-6-8-20(18)29-2)23(28)24-16-9-11-17(26)12-10-16/h5-8,16-17,19,22,26H,3-4,9-15H2,1-2H3,(H,24,28). The van der Waals surface area contributed by atoms with E-state index in [1.165, 1.54) is 0 Å². The molecule has 2 unspecified atom stereocenters. The zero-order chi connectivity index (χ0) is 20.8. The lowest BCUT2D eigenvalue weighted by Gasteiger charge is -2.42. The number of nitrogens with one attached hydrogen (secondary N) is 1. The topological polar surface area (TPSA) is 78.9 Å². The molecule has 1 heterocycles. The maximum atomic E-state index is 13.3. The molecular weight excluding hydrogens is 368 g/mol. The van der Waals surface area contributed by atoms with E-state index in [-0.39, 0.29) is 35.9 Å². The third-order valence-corrected chi connectivity index (χ3v) is 6.30. The highest BCUT2D eigenvalue weighted by atomic mass is 16.5. The number of carbonyl (C=O) groups excluding carboxylic acids is 2. The molecule has 2 aliphatic rings. The van der Waals surface area contributed by atoms with Crippen molar-refractivity contribution in [2.75, 3.05) is 13.7 Å². The Morgan fingerprint density at radius 3 is 2.62 bits per heavy atom. The Morgan fingerprint density at radius 2 is 1.93 bits per heavy atom. The van der Waals surface area contributed by atoms with E-state index in [9.17, 15) is 14.7 Å². The molecule has 6 nitrogen and oxygen atoms in total. The van der Waals surface area contributed by atoms with Gasteiger partial charge in [-0.15, -0.1) is 0 Å². The van der Waals surface area contributed by atoms with E-state index in [0.717, 1.165) is 44.1 Å². The van der Waals surface area contributed by atoms with Crippen molar-refractivity contribution in [1.29, 1.82) is 0 Å². The summed E-state index contributed by atoms with van der Waals surface area (Å²) in [7, 11) is 1.63. The zero-order valence-electron chi connectivity index (χ0n) is 17.6. The van der Waals surface area contributed by atoms with Gasteiger partial charge >= 0.3 is 0 Å². The fourth-order valence-corrected chi connectivity index (χ4v) is 4.64. The fraction of sp³-hybridized carbons (Fsp3) is 0.652. The number of aliphatic hydroxyl groups excluding tert-OH is 1. The lowest BCUT2D eigenvalue weighted by molar-refractivity contribution is -0.144. The van der Waals surface area contributed by atoms with Gasteiger partial charge in [0.2, 0.25) is 11.8 Å². The van der Waals surface area contributed by atoms with Crippen LogP contribution >= 0.6 is 0 Å². The SMILES string of the molecule is CCCCN1C(=O)CCC(C(=O)NC2CCC(O)CC2)C1c1ccccc1OC. The Balaban J connectivity index is 1.86. The van der Waals surface area contributed by atoms with Crippen molar-refractivity contribution in [3.63, 3.8) is 0 Å². The number of aliphatic hydroxyl groups is 1. The highest BCUT2D eigenvalue weighted by Crippen LogP contribution is 2.41. The smallest absolute Gasteiger partial charge is 0.225 e. The number of piperidine rings is 1. The minimum atomic E-state index is -0.312. The minimum Gasteiger partial charge on any atom is -0.496 e. The number of hydrogen-bond acceptors (Lipinski definition) is 4. The summed E-state index contributed by atoms with van der Waals surface area (Å²) in [5.41, 5.74) is 0.901. The molecule has 160 valence electrons. The van der Waals surface area contributed by atoms with Gasteiger partial charge in [0.05, 0.1) is 25.2 Å². The first-order chi connectivity index (χ1) is 14.0. The molecule has 2 atom stereocenters. The van der Waals surface area contributed by atoms with Gasteiger partial charge in [-0.25, -0.2) is 0 Å². The summed E-state index contributed by atoms with van der Waals surface area (Å²) in [6, 6.07) is 7.50. The molecule has 6 heteroatoms. The van der Waals surface area contributed by atoms with Crippen molar-refractivity contribution < 1.29 is 19.4 Å². The molecule has 1 saturated heterocycles. The van der Waals surface area contributed by atoms with Crippen LogP contribution in [-0.2, 0) is 9.59 Å². The molecule has 1 aliphatic carbocycles. The summed E-state index contributed by atoms with van der Waals surface area (Å²) in [6.07, 6.45) is 5.66. The number of hydrogen-bond donors (Lipinski definition) is 2. The molecule has 0 radical (unpaired) electrons. The lowest BCUT2D eigenvalue weighted by atomic mass is 9.82. The van der Waals surface area contributed by atoms with E-state index in [0.29, 0.717) is 25.1 Å². The van der Waals surface area contributed by atoms with Crippen LogP contribution in [0.15, 0.2) is 24.3 Å². The van der Waals surface area contributed by atoms with Crippen LogP contribution in [0.3, 0.4) is 0 Å². The maximum absolute atomic E-state index is 13.3. The van der Waals surface area contributed by atoms with Crippen molar-refractivity contribution in [3.8, 4) is 5.75 Å². The summed E-state index contributed by atoms with van der Waals surface area (Å²) in [6.45, 7) is 2.76. The number of ether oxygens (including phenoxy) is 1. The number of benzene rings is 1. The Morgan fingerprint density at radius 1 is 1.21 bits per heavy atom. The Hall–Kier alpha value is -2.08. The molecule has 0 aromatic heterocycles. The molecule has 29 heavy (non-hydrogen) atoms. The van der Waals surface area contributed by atoms with Crippen LogP contribution in [0.25, 0.3) is 0 Å². The van der Waals surface area contributed by atoms with Gasteiger partial charge in [-0.05, 0) is 44.6 Å². The van der Waals surface area contributed by atoms with Gasteiger partial charge in [0.15, 0.2) is 0 Å². The van der Waals surface area contributed by atoms with E-state index in [4.69, 9.17) is 4.74 Å². The highest BCUT2D eigenvalue weighted by Gasteiger charge is 2.42. The van der Waals surface area contributed by atoms with Crippen LogP contribution in [0.5, 0.6) is 5.75 Å². The predicted molar refractivity (Wildman–Crippen MR) is 111 cm³/mol. The van der Waals surface area contributed by atoms with Crippen LogP contribution in [0, 0.1) is 5.92 Å². The fourth-order valence-electron chi connectivity index (χ4n) is 4.64. The number of unbranched alkanes of at least 4 members (excludes halogenated alkanes) is 1. The van der Waals surface area contributed by atoms with Crippen LogP contribution in [-0.4, -0.2) is 47.6 Å². The largest absolute Gasteiger partial charge is 0.496 e. The first-order valence-corrected chi connectivity index (χ1v) is 11.0. The zero-order valence-corrected chi connectivity index (χ0v) is 17.6. The number of nitrogens with zero attached hydrogens (tertiary/aromatic N) is 1. The number of carbonyl (C=O) groups is 2. The van der Waals surface area contributed by atoms with Crippen LogP contribution < -0.4 is 10.1 Å². The van der Waals surface area contributed by atoms with Crippen molar-refractivity contribution in [3.05, 3.63) is 29.8 Å². The molecule has 1 aromatic rings. The normalized spacial score (nSPS) is 27.6. The molecule has 2 fully saturated rings. The lowest BCUT2D eigenvalue weighted by Crippen LogP contribution is -2.50. The van der Waals surface area contributed by atoms with Crippen molar-refractivity contribution >= 4 is 11.8 Å². The Bertz CT molecular complexity index is 700. The first-order valence-electron chi connectivity index (χ1n) is 11.0.